The van der Waals surface area contributed by atoms with Gasteiger partial charge in [-0.05, 0) is 36.5 Å². The number of anilines is 1. The van der Waals surface area contributed by atoms with Crippen molar-refractivity contribution in [3.05, 3.63) is 34.6 Å². The van der Waals surface area contributed by atoms with Crippen LogP contribution < -0.4 is 16.2 Å². The summed E-state index contributed by atoms with van der Waals surface area (Å²) >= 11 is 8.37. The van der Waals surface area contributed by atoms with Gasteiger partial charge in [0, 0.05) is 10.2 Å². The van der Waals surface area contributed by atoms with Gasteiger partial charge in [0.2, 0.25) is 5.91 Å². The van der Waals surface area contributed by atoms with Crippen LogP contribution in [0.3, 0.4) is 0 Å². The molecule has 0 aliphatic rings. The van der Waals surface area contributed by atoms with E-state index in [9.17, 15) is 4.79 Å². The van der Waals surface area contributed by atoms with Gasteiger partial charge in [-0.2, -0.15) is 5.21 Å². The highest BCUT2D eigenvalue weighted by atomic mass is 79.9. The maximum absolute atomic E-state index is 11.5. The van der Waals surface area contributed by atoms with Crippen molar-refractivity contribution in [3.63, 3.8) is 0 Å². The summed E-state index contributed by atoms with van der Waals surface area (Å²) in [7, 11) is 0. The number of carbonyl (C=O) groups is 1. The molecule has 1 aromatic carbocycles. The summed E-state index contributed by atoms with van der Waals surface area (Å²) in [4.78, 5) is 11.5. The number of tetrazole rings is 1. The van der Waals surface area contributed by atoms with E-state index in [4.69, 9.17) is 12.2 Å². The van der Waals surface area contributed by atoms with E-state index in [0.717, 1.165) is 10.2 Å². The quantitative estimate of drug-likeness (QED) is 0.469. The summed E-state index contributed by atoms with van der Waals surface area (Å²) in [6.45, 7) is 0. The van der Waals surface area contributed by atoms with Crippen LogP contribution in [0.5, 0.6) is 0 Å². The number of hydrogen-bond acceptors (Lipinski definition) is 5. The Hall–Kier alpha value is -2.07. The molecule has 0 atom stereocenters. The number of hydrazine groups is 1. The van der Waals surface area contributed by atoms with Gasteiger partial charge in [0.25, 0.3) is 0 Å². The Morgan fingerprint density at radius 3 is 2.70 bits per heavy atom. The molecule has 0 fully saturated rings. The standard InChI is InChI=1S/C10H10BrN7OS/c11-6-1-3-7(4-2-6)12-10(20)16-15-9(19)5-8-13-17-18-14-8/h1-4H,5H2,(H,15,19)(H2,12,16,20)(H,13,14,17,18). The Morgan fingerprint density at radius 1 is 1.30 bits per heavy atom. The smallest absolute Gasteiger partial charge is 0.246 e. The third-order valence-electron chi connectivity index (χ3n) is 2.13. The van der Waals surface area contributed by atoms with Crippen LogP contribution in [0.15, 0.2) is 28.7 Å². The molecule has 2 aromatic rings. The molecule has 1 aromatic heterocycles. The lowest BCUT2D eigenvalue weighted by atomic mass is 10.3. The number of aromatic amines is 1. The third kappa shape index (κ3) is 4.55. The Morgan fingerprint density at radius 2 is 2.05 bits per heavy atom. The number of nitrogens with one attached hydrogen (secondary N) is 4. The summed E-state index contributed by atoms with van der Waals surface area (Å²) in [6.07, 6.45) is 0.00436. The van der Waals surface area contributed by atoms with Crippen LogP contribution in [0, 0.1) is 0 Å². The van der Waals surface area contributed by atoms with E-state index in [1.165, 1.54) is 0 Å². The summed E-state index contributed by atoms with van der Waals surface area (Å²) in [5.74, 6) is -0.0255. The number of aromatic nitrogens is 4. The molecule has 4 N–H and O–H groups in total. The minimum atomic E-state index is -0.327. The minimum Gasteiger partial charge on any atom is -0.331 e. The van der Waals surface area contributed by atoms with Crippen molar-refractivity contribution in [2.24, 2.45) is 0 Å². The highest BCUT2D eigenvalue weighted by Gasteiger charge is 2.07. The lowest BCUT2D eigenvalue weighted by Crippen LogP contribution is -2.44. The van der Waals surface area contributed by atoms with E-state index < -0.39 is 0 Å². The lowest BCUT2D eigenvalue weighted by Gasteiger charge is -2.11. The maximum Gasteiger partial charge on any atom is 0.246 e. The average molecular weight is 356 g/mol. The number of H-pyrrole nitrogens is 1. The van der Waals surface area contributed by atoms with Crippen LogP contribution in [0.4, 0.5) is 5.69 Å². The molecule has 0 aliphatic carbocycles. The lowest BCUT2D eigenvalue weighted by molar-refractivity contribution is -0.121. The van der Waals surface area contributed by atoms with Crippen LogP contribution in [-0.4, -0.2) is 31.6 Å². The largest absolute Gasteiger partial charge is 0.331 e. The van der Waals surface area contributed by atoms with Crippen molar-refractivity contribution in [2.45, 2.75) is 6.42 Å². The fourth-order valence-corrected chi connectivity index (χ4v) is 1.70. The number of hydrogen-bond donors (Lipinski definition) is 4. The Bertz CT molecular complexity index is 586. The Kier molecular flexibility index (Phi) is 4.96. The Labute approximate surface area is 127 Å². The molecule has 1 amide bonds. The van der Waals surface area contributed by atoms with Crippen LogP contribution in [0.2, 0.25) is 0 Å². The number of halogens is 1. The molecular weight excluding hydrogens is 346 g/mol. The molecule has 0 saturated carbocycles. The SMILES string of the molecule is O=C(Cc1nn[nH]n1)NNC(=S)Nc1ccc(Br)cc1. The predicted molar refractivity (Wildman–Crippen MR) is 79.5 cm³/mol. The fourth-order valence-electron chi connectivity index (χ4n) is 1.27. The maximum atomic E-state index is 11.5. The first-order chi connectivity index (χ1) is 9.63. The van der Waals surface area contributed by atoms with Crippen molar-refractivity contribution < 1.29 is 4.79 Å². The van der Waals surface area contributed by atoms with E-state index in [-0.39, 0.29) is 17.4 Å². The number of benzene rings is 1. The van der Waals surface area contributed by atoms with Gasteiger partial charge >= 0.3 is 0 Å². The van der Waals surface area contributed by atoms with Gasteiger partial charge in [-0.1, -0.05) is 21.1 Å². The zero-order valence-electron chi connectivity index (χ0n) is 10.1. The zero-order valence-corrected chi connectivity index (χ0v) is 12.5. The fraction of sp³-hybridized carbons (Fsp3) is 0.100. The predicted octanol–water partition coefficient (Wildman–Crippen LogP) is 0.523. The van der Waals surface area contributed by atoms with E-state index in [1.54, 1.807) is 0 Å². The molecular formula is C10H10BrN7OS. The first-order valence-corrected chi connectivity index (χ1v) is 6.67. The number of carbonyl (C=O) groups excluding carboxylic acids is 1. The van der Waals surface area contributed by atoms with Gasteiger partial charge in [-0.25, -0.2) is 0 Å². The minimum absolute atomic E-state index is 0.00436. The first-order valence-electron chi connectivity index (χ1n) is 5.47. The van der Waals surface area contributed by atoms with Crippen molar-refractivity contribution in [2.75, 3.05) is 5.32 Å². The monoisotopic (exact) mass is 355 g/mol. The number of nitrogens with zero attached hydrogens (tertiary/aromatic N) is 3. The van der Waals surface area contributed by atoms with Gasteiger partial charge in [-0.3, -0.25) is 15.6 Å². The summed E-state index contributed by atoms with van der Waals surface area (Å²) in [5, 5.41) is 16.2. The highest BCUT2D eigenvalue weighted by molar-refractivity contribution is 9.10. The Balaban J connectivity index is 1.74. The van der Waals surface area contributed by atoms with Gasteiger partial charge in [0.1, 0.15) is 0 Å². The molecule has 20 heavy (non-hydrogen) atoms. The topological polar surface area (TPSA) is 108 Å². The van der Waals surface area contributed by atoms with E-state index in [0.29, 0.717) is 5.82 Å². The van der Waals surface area contributed by atoms with E-state index in [2.05, 4.69) is 52.7 Å². The van der Waals surface area contributed by atoms with Crippen molar-refractivity contribution >= 4 is 44.9 Å². The van der Waals surface area contributed by atoms with E-state index in [1.807, 2.05) is 24.3 Å². The molecule has 0 radical (unpaired) electrons. The molecule has 0 saturated heterocycles. The van der Waals surface area contributed by atoms with Crippen LogP contribution in [0.1, 0.15) is 5.82 Å². The second-order valence-electron chi connectivity index (χ2n) is 3.64. The molecule has 0 unspecified atom stereocenters. The van der Waals surface area contributed by atoms with Crippen LogP contribution in [0.25, 0.3) is 0 Å². The first kappa shape index (κ1) is 14.3. The molecule has 0 bridgehead atoms. The van der Waals surface area contributed by atoms with Gasteiger partial charge in [0.05, 0.1) is 6.42 Å². The van der Waals surface area contributed by atoms with Crippen molar-refractivity contribution in [3.8, 4) is 0 Å². The molecule has 8 nitrogen and oxygen atoms in total. The molecule has 0 spiro atoms. The van der Waals surface area contributed by atoms with Crippen molar-refractivity contribution in [1.29, 1.82) is 0 Å². The van der Waals surface area contributed by atoms with Crippen molar-refractivity contribution in [1.82, 2.24) is 31.5 Å². The van der Waals surface area contributed by atoms with Gasteiger partial charge in [-0.15, -0.1) is 10.2 Å². The zero-order chi connectivity index (χ0) is 14.4. The number of rotatable bonds is 3. The average Bonchev–Trinajstić information content (AvgIpc) is 2.92. The number of amides is 1. The molecule has 2 rings (SSSR count). The summed E-state index contributed by atoms with van der Waals surface area (Å²) in [5.41, 5.74) is 5.81. The van der Waals surface area contributed by atoms with Gasteiger partial charge < -0.3 is 5.32 Å². The van der Waals surface area contributed by atoms with E-state index >= 15 is 0 Å². The van der Waals surface area contributed by atoms with Crippen LogP contribution >= 0.6 is 28.1 Å². The second-order valence-corrected chi connectivity index (χ2v) is 4.96. The normalized spacial score (nSPS) is 9.85. The number of thiocarbonyl (C=S) groups is 1. The van der Waals surface area contributed by atoms with Crippen LogP contribution in [-0.2, 0) is 11.2 Å². The molecule has 1 heterocycles. The highest BCUT2D eigenvalue weighted by Crippen LogP contribution is 2.13. The molecule has 104 valence electrons. The van der Waals surface area contributed by atoms with Gasteiger partial charge in [0.15, 0.2) is 10.9 Å². The second kappa shape index (κ2) is 6.91. The summed E-state index contributed by atoms with van der Waals surface area (Å²) in [6, 6.07) is 7.44. The molecule has 10 heteroatoms. The third-order valence-corrected chi connectivity index (χ3v) is 2.86. The summed E-state index contributed by atoms with van der Waals surface area (Å²) < 4.78 is 0.968. The molecule has 0 aliphatic heterocycles.